The standard InChI is InChI=1S/C14H11ClO2/c1-9-2-3-11(8-13(9)15)14(17)10-4-6-12(16)7-5-10/h2-8,16H,1H3. The van der Waals surface area contributed by atoms with Gasteiger partial charge in [0.15, 0.2) is 5.78 Å². The summed E-state index contributed by atoms with van der Waals surface area (Å²) in [5.41, 5.74) is 2.02. The zero-order valence-electron chi connectivity index (χ0n) is 9.27. The van der Waals surface area contributed by atoms with Crippen molar-refractivity contribution in [3.05, 3.63) is 64.2 Å². The maximum absolute atomic E-state index is 12.1. The first-order valence-corrected chi connectivity index (χ1v) is 5.55. The Hall–Kier alpha value is -1.80. The van der Waals surface area contributed by atoms with E-state index in [0.717, 1.165) is 5.56 Å². The van der Waals surface area contributed by atoms with Crippen LogP contribution in [0.2, 0.25) is 5.02 Å². The molecule has 0 saturated heterocycles. The van der Waals surface area contributed by atoms with Crippen molar-refractivity contribution in [3.8, 4) is 5.75 Å². The van der Waals surface area contributed by atoms with E-state index in [2.05, 4.69) is 0 Å². The van der Waals surface area contributed by atoms with Gasteiger partial charge in [-0.2, -0.15) is 0 Å². The third-order valence-electron chi connectivity index (χ3n) is 2.56. The van der Waals surface area contributed by atoms with Crippen molar-refractivity contribution in [2.24, 2.45) is 0 Å². The molecule has 0 amide bonds. The molecule has 1 N–H and O–H groups in total. The van der Waals surface area contributed by atoms with E-state index in [1.54, 1.807) is 24.3 Å². The van der Waals surface area contributed by atoms with Gasteiger partial charge in [0.25, 0.3) is 0 Å². The van der Waals surface area contributed by atoms with Gasteiger partial charge in [0.1, 0.15) is 5.75 Å². The molecule has 0 aliphatic rings. The molecule has 2 aromatic rings. The van der Waals surface area contributed by atoms with E-state index < -0.39 is 0 Å². The van der Waals surface area contributed by atoms with Gasteiger partial charge in [0.05, 0.1) is 0 Å². The molecule has 2 rings (SSSR count). The molecule has 0 radical (unpaired) electrons. The molecule has 0 unspecified atom stereocenters. The van der Waals surface area contributed by atoms with Crippen LogP contribution in [0.5, 0.6) is 5.75 Å². The van der Waals surface area contributed by atoms with Crippen LogP contribution in [0.15, 0.2) is 42.5 Å². The zero-order valence-corrected chi connectivity index (χ0v) is 10.0. The van der Waals surface area contributed by atoms with Crippen molar-refractivity contribution in [1.82, 2.24) is 0 Å². The second kappa shape index (κ2) is 4.60. The lowest BCUT2D eigenvalue weighted by Gasteiger charge is -2.03. The molecule has 0 aromatic heterocycles. The highest BCUT2D eigenvalue weighted by Crippen LogP contribution is 2.20. The number of phenolic OH excluding ortho intramolecular Hbond substituents is 1. The number of carbonyl (C=O) groups is 1. The Morgan fingerprint density at radius 1 is 1.06 bits per heavy atom. The van der Waals surface area contributed by atoms with Gasteiger partial charge in [-0.25, -0.2) is 0 Å². The second-order valence-corrected chi connectivity index (χ2v) is 4.25. The Morgan fingerprint density at radius 2 is 1.65 bits per heavy atom. The first-order valence-electron chi connectivity index (χ1n) is 5.18. The number of halogens is 1. The molecule has 0 aliphatic heterocycles. The molecule has 86 valence electrons. The average Bonchev–Trinajstić information content (AvgIpc) is 2.33. The SMILES string of the molecule is Cc1ccc(C(=O)c2ccc(O)cc2)cc1Cl. The molecule has 0 spiro atoms. The maximum Gasteiger partial charge on any atom is 0.193 e. The van der Waals surface area contributed by atoms with Crippen LogP contribution in [0.1, 0.15) is 21.5 Å². The van der Waals surface area contributed by atoms with Crippen molar-refractivity contribution >= 4 is 17.4 Å². The fraction of sp³-hybridized carbons (Fsp3) is 0.0714. The van der Waals surface area contributed by atoms with Crippen LogP contribution >= 0.6 is 11.6 Å². The molecular weight excluding hydrogens is 236 g/mol. The first kappa shape index (κ1) is 11.7. The lowest BCUT2D eigenvalue weighted by Crippen LogP contribution is -2.01. The highest BCUT2D eigenvalue weighted by Gasteiger charge is 2.10. The van der Waals surface area contributed by atoms with Gasteiger partial charge < -0.3 is 5.11 Å². The van der Waals surface area contributed by atoms with Crippen LogP contribution in [0.25, 0.3) is 0 Å². The molecule has 0 fully saturated rings. The van der Waals surface area contributed by atoms with Crippen LogP contribution in [0.4, 0.5) is 0 Å². The Bertz CT molecular complexity index is 559. The Morgan fingerprint density at radius 3 is 2.24 bits per heavy atom. The summed E-state index contributed by atoms with van der Waals surface area (Å²) < 4.78 is 0. The number of hydrogen-bond acceptors (Lipinski definition) is 2. The molecule has 3 heteroatoms. The number of aryl methyl sites for hydroxylation is 1. The predicted octanol–water partition coefficient (Wildman–Crippen LogP) is 3.59. The van der Waals surface area contributed by atoms with Crippen molar-refractivity contribution < 1.29 is 9.90 Å². The second-order valence-electron chi connectivity index (χ2n) is 3.84. The summed E-state index contributed by atoms with van der Waals surface area (Å²) in [4.78, 5) is 12.1. The third-order valence-corrected chi connectivity index (χ3v) is 2.97. The van der Waals surface area contributed by atoms with Gasteiger partial charge in [-0.05, 0) is 42.8 Å². The first-order chi connectivity index (χ1) is 8.08. The number of ketones is 1. The highest BCUT2D eigenvalue weighted by atomic mass is 35.5. The minimum absolute atomic E-state index is 0.105. The van der Waals surface area contributed by atoms with Gasteiger partial charge >= 0.3 is 0 Å². The van der Waals surface area contributed by atoms with E-state index in [0.29, 0.717) is 16.1 Å². The largest absolute Gasteiger partial charge is 0.508 e. The van der Waals surface area contributed by atoms with E-state index in [9.17, 15) is 4.79 Å². The topological polar surface area (TPSA) is 37.3 Å². The van der Waals surface area contributed by atoms with E-state index in [1.165, 1.54) is 12.1 Å². The van der Waals surface area contributed by atoms with Gasteiger partial charge in [0.2, 0.25) is 0 Å². The fourth-order valence-corrected chi connectivity index (χ4v) is 1.69. The van der Waals surface area contributed by atoms with Crippen LogP contribution in [0.3, 0.4) is 0 Å². The van der Waals surface area contributed by atoms with Gasteiger partial charge in [-0.3, -0.25) is 4.79 Å². The normalized spacial score (nSPS) is 10.2. The van der Waals surface area contributed by atoms with E-state index in [1.807, 2.05) is 13.0 Å². The molecule has 2 aromatic carbocycles. The molecular formula is C14H11ClO2. The van der Waals surface area contributed by atoms with Crippen molar-refractivity contribution in [2.45, 2.75) is 6.92 Å². The lowest BCUT2D eigenvalue weighted by molar-refractivity contribution is 0.103. The van der Waals surface area contributed by atoms with Gasteiger partial charge in [-0.1, -0.05) is 23.7 Å². The molecule has 17 heavy (non-hydrogen) atoms. The van der Waals surface area contributed by atoms with E-state index in [-0.39, 0.29) is 11.5 Å². The monoisotopic (exact) mass is 246 g/mol. The average molecular weight is 247 g/mol. The molecule has 2 nitrogen and oxygen atoms in total. The smallest absolute Gasteiger partial charge is 0.193 e. The van der Waals surface area contributed by atoms with E-state index >= 15 is 0 Å². The summed E-state index contributed by atoms with van der Waals surface area (Å²) >= 11 is 5.98. The Balaban J connectivity index is 2.37. The fourth-order valence-electron chi connectivity index (χ4n) is 1.51. The number of hydrogen-bond donors (Lipinski definition) is 1. The number of rotatable bonds is 2. The molecule has 0 bridgehead atoms. The highest BCUT2D eigenvalue weighted by molar-refractivity contribution is 6.31. The zero-order chi connectivity index (χ0) is 12.4. The maximum atomic E-state index is 12.1. The molecule has 0 saturated carbocycles. The molecule has 0 atom stereocenters. The number of carbonyl (C=O) groups excluding carboxylic acids is 1. The molecule has 0 heterocycles. The van der Waals surface area contributed by atoms with Crippen molar-refractivity contribution in [3.63, 3.8) is 0 Å². The summed E-state index contributed by atoms with van der Waals surface area (Å²) in [5.74, 6) is 0.0374. The van der Waals surface area contributed by atoms with Crippen LogP contribution < -0.4 is 0 Å². The van der Waals surface area contributed by atoms with Crippen molar-refractivity contribution in [2.75, 3.05) is 0 Å². The Labute approximate surface area is 104 Å². The summed E-state index contributed by atoms with van der Waals surface area (Å²) in [6, 6.07) is 11.4. The van der Waals surface area contributed by atoms with Crippen LogP contribution in [-0.2, 0) is 0 Å². The number of benzene rings is 2. The van der Waals surface area contributed by atoms with Gasteiger partial charge in [0, 0.05) is 16.1 Å². The lowest BCUT2D eigenvalue weighted by atomic mass is 10.0. The van der Waals surface area contributed by atoms with E-state index in [4.69, 9.17) is 16.7 Å². The summed E-state index contributed by atoms with van der Waals surface area (Å²) in [6.45, 7) is 1.89. The van der Waals surface area contributed by atoms with Crippen LogP contribution in [-0.4, -0.2) is 10.9 Å². The summed E-state index contributed by atoms with van der Waals surface area (Å²) in [5, 5.41) is 9.74. The number of phenols is 1. The summed E-state index contributed by atoms with van der Waals surface area (Å²) in [7, 11) is 0. The minimum Gasteiger partial charge on any atom is -0.508 e. The Kier molecular flexibility index (Phi) is 3.16. The number of aromatic hydroxyl groups is 1. The third kappa shape index (κ3) is 2.48. The van der Waals surface area contributed by atoms with Crippen LogP contribution in [0, 0.1) is 6.92 Å². The van der Waals surface area contributed by atoms with Crippen molar-refractivity contribution in [1.29, 1.82) is 0 Å². The quantitative estimate of drug-likeness (QED) is 0.823. The predicted molar refractivity (Wildman–Crippen MR) is 67.7 cm³/mol. The minimum atomic E-state index is -0.105. The summed E-state index contributed by atoms with van der Waals surface area (Å²) in [6.07, 6.45) is 0. The molecule has 0 aliphatic carbocycles. The van der Waals surface area contributed by atoms with Gasteiger partial charge in [-0.15, -0.1) is 0 Å².